The summed E-state index contributed by atoms with van der Waals surface area (Å²) >= 11 is 0. The van der Waals surface area contributed by atoms with E-state index in [9.17, 15) is 4.79 Å². The number of carbonyl (C=O) groups excluding carboxylic acids is 1. The summed E-state index contributed by atoms with van der Waals surface area (Å²) in [7, 11) is 3.11. The molecule has 0 bridgehead atoms. The number of benzene rings is 2. The molecule has 0 aliphatic carbocycles. The molecular weight excluding hydrogens is 290 g/mol. The summed E-state index contributed by atoms with van der Waals surface area (Å²) in [6, 6.07) is 15.3. The topological polar surface area (TPSA) is 47.6 Å². The van der Waals surface area contributed by atoms with Crippen LogP contribution in [0.5, 0.6) is 11.5 Å². The smallest absolute Gasteiger partial charge is 0.187 e. The highest BCUT2D eigenvalue weighted by Gasteiger charge is 2.08. The predicted octanol–water partition coefficient (Wildman–Crippen LogP) is 3.75. The summed E-state index contributed by atoms with van der Waals surface area (Å²) in [6.45, 7) is 2.04. The molecule has 23 heavy (non-hydrogen) atoms. The molecule has 120 valence electrons. The zero-order chi connectivity index (χ0) is 16.7. The van der Waals surface area contributed by atoms with Crippen molar-refractivity contribution in [1.29, 1.82) is 0 Å². The molecule has 4 nitrogen and oxygen atoms in total. The quantitative estimate of drug-likeness (QED) is 0.625. The molecule has 0 aliphatic heterocycles. The highest BCUT2D eigenvalue weighted by molar-refractivity contribution is 6.04. The second-order valence-electron chi connectivity index (χ2n) is 5.07. The summed E-state index contributed by atoms with van der Waals surface area (Å²) < 4.78 is 10.4. The molecular formula is C19H21NO3. The fourth-order valence-electron chi connectivity index (χ4n) is 2.19. The molecule has 0 saturated carbocycles. The van der Waals surface area contributed by atoms with Crippen LogP contribution in [0.25, 0.3) is 0 Å². The number of nitrogens with one attached hydrogen (secondary N) is 1. The number of ether oxygens (including phenoxy) is 2. The summed E-state index contributed by atoms with van der Waals surface area (Å²) in [5, 5.41) is 3.19. The lowest BCUT2D eigenvalue weighted by Crippen LogP contribution is -2.12. The minimum Gasteiger partial charge on any atom is -0.493 e. The van der Waals surface area contributed by atoms with E-state index < -0.39 is 0 Å². The summed E-state index contributed by atoms with van der Waals surface area (Å²) in [4.78, 5) is 12.2. The number of methoxy groups -OCH3 is 2. The fraction of sp³-hybridized carbons (Fsp3) is 0.211. The van der Waals surface area contributed by atoms with Gasteiger partial charge in [-0.05, 0) is 30.7 Å². The molecule has 1 atom stereocenters. The Labute approximate surface area is 136 Å². The third-order valence-corrected chi connectivity index (χ3v) is 3.55. The van der Waals surface area contributed by atoms with Crippen molar-refractivity contribution in [2.45, 2.75) is 13.0 Å². The van der Waals surface area contributed by atoms with Gasteiger partial charge in [0.2, 0.25) is 0 Å². The first kappa shape index (κ1) is 16.6. The Bertz CT molecular complexity index is 680. The van der Waals surface area contributed by atoms with Crippen molar-refractivity contribution in [1.82, 2.24) is 5.32 Å². The van der Waals surface area contributed by atoms with Crippen LogP contribution in [-0.4, -0.2) is 20.0 Å². The molecule has 0 spiro atoms. The summed E-state index contributed by atoms with van der Waals surface area (Å²) in [6.07, 6.45) is 3.19. The molecule has 2 aromatic rings. The average Bonchev–Trinajstić information content (AvgIpc) is 2.61. The van der Waals surface area contributed by atoms with Crippen LogP contribution in [0, 0.1) is 0 Å². The molecule has 2 rings (SSSR count). The molecule has 0 aliphatic rings. The van der Waals surface area contributed by atoms with Gasteiger partial charge in [0.05, 0.1) is 14.2 Å². The van der Waals surface area contributed by atoms with Crippen LogP contribution < -0.4 is 14.8 Å². The number of rotatable bonds is 7. The van der Waals surface area contributed by atoms with Gasteiger partial charge in [-0.25, -0.2) is 0 Å². The molecule has 0 amide bonds. The van der Waals surface area contributed by atoms with Crippen LogP contribution in [0.3, 0.4) is 0 Å². The molecule has 4 heteroatoms. The highest BCUT2D eigenvalue weighted by Crippen LogP contribution is 2.27. The third kappa shape index (κ3) is 4.36. The van der Waals surface area contributed by atoms with Gasteiger partial charge in [-0.1, -0.05) is 30.3 Å². The number of allylic oxidation sites excluding steroid dienone is 1. The Morgan fingerprint density at radius 3 is 2.39 bits per heavy atom. The zero-order valence-electron chi connectivity index (χ0n) is 13.6. The van der Waals surface area contributed by atoms with E-state index in [1.165, 1.54) is 6.08 Å². The second kappa shape index (κ2) is 8.03. The van der Waals surface area contributed by atoms with Crippen molar-refractivity contribution >= 4 is 5.78 Å². The van der Waals surface area contributed by atoms with Crippen molar-refractivity contribution in [3.8, 4) is 11.5 Å². The van der Waals surface area contributed by atoms with Crippen molar-refractivity contribution in [3.63, 3.8) is 0 Å². The first-order valence-electron chi connectivity index (χ1n) is 7.39. The van der Waals surface area contributed by atoms with Gasteiger partial charge in [0.1, 0.15) is 0 Å². The van der Waals surface area contributed by atoms with Gasteiger partial charge in [-0.15, -0.1) is 0 Å². The first-order chi connectivity index (χ1) is 11.2. The van der Waals surface area contributed by atoms with E-state index in [4.69, 9.17) is 9.47 Å². The first-order valence-corrected chi connectivity index (χ1v) is 7.39. The van der Waals surface area contributed by atoms with E-state index in [0.29, 0.717) is 17.1 Å². The number of hydrogen-bond acceptors (Lipinski definition) is 4. The van der Waals surface area contributed by atoms with Crippen LogP contribution in [0.15, 0.2) is 60.8 Å². The van der Waals surface area contributed by atoms with Gasteiger partial charge in [0, 0.05) is 23.9 Å². The Hall–Kier alpha value is -2.75. The Balaban J connectivity index is 2.01. The van der Waals surface area contributed by atoms with Crippen molar-refractivity contribution in [3.05, 3.63) is 71.9 Å². The van der Waals surface area contributed by atoms with Crippen LogP contribution in [0.2, 0.25) is 0 Å². The predicted molar refractivity (Wildman–Crippen MR) is 91.0 cm³/mol. The third-order valence-electron chi connectivity index (χ3n) is 3.55. The number of ketones is 1. The average molecular weight is 311 g/mol. The Morgan fingerprint density at radius 2 is 1.74 bits per heavy atom. The lowest BCUT2D eigenvalue weighted by Gasteiger charge is -2.11. The normalized spacial score (nSPS) is 12.0. The molecule has 0 radical (unpaired) electrons. The highest BCUT2D eigenvalue weighted by atomic mass is 16.5. The number of hydrogen-bond donors (Lipinski definition) is 1. The van der Waals surface area contributed by atoms with Gasteiger partial charge in [0.15, 0.2) is 17.3 Å². The molecule has 1 N–H and O–H groups in total. The monoisotopic (exact) mass is 311 g/mol. The van der Waals surface area contributed by atoms with Gasteiger partial charge in [-0.3, -0.25) is 4.79 Å². The van der Waals surface area contributed by atoms with Crippen LogP contribution in [0.4, 0.5) is 0 Å². The van der Waals surface area contributed by atoms with E-state index in [1.54, 1.807) is 38.6 Å². The number of carbonyl (C=O) groups is 1. The zero-order valence-corrected chi connectivity index (χ0v) is 13.6. The molecule has 0 fully saturated rings. The molecule has 0 saturated heterocycles. The van der Waals surface area contributed by atoms with E-state index in [1.807, 2.05) is 37.3 Å². The lowest BCUT2D eigenvalue weighted by atomic mass is 10.1. The van der Waals surface area contributed by atoms with Crippen LogP contribution in [-0.2, 0) is 0 Å². The van der Waals surface area contributed by atoms with Crippen LogP contribution >= 0.6 is 0 Å². The second-order valence-corrected chi connectivity index (χ2v) is 5.07. The van der Waals surface area contributed by atoms with Crippen molar-refractivity contribution in [2.24, 2.45) is 0 Å². The van der Waals surface area contributed by atoms with E-state index in [2.05, 4.69) is 5.32 Å². The minimum atomic E-state index is -0.0984. The summed E-state index contributed by atoms with van der Waals surface area (Å²) in [5.41, 5.74) is 1.71. The Morgan fingerprint density at radius 1 is 1.04 bits per heavy atom. The summed E-state index contributed by atoms with van der Waals surface area (Å²) in [5.74, 6) is 1.04. The maximum absolute atomic E-state index is 12.2. The largest absolute Gasteiger partial charge is 0.493 e. The van der Waals surface area contributed by atoms with Gasteiger partial charge >= 0.3 is 0 Å². The SMILES string of the molecule is COc1ccc(C(=O)/C=C/N[C@@H](C)c2ccccc2)cc1OC. The molecule has 0 unspecified atom stereocenters. The van der Waals surface area contributed by atoms with Crippen molar-refractivity contribution in [2.75, 3.05) is 14.2 Å². The maximum atomic E-state index is 12.2. The van der Waals surface area contributed by atoms with E-state index in [-0.39, 0.29) is 11.8 Å². The maximum Gasteiger partial charge on any atom is 0.187 e. The Kier molecular flexibility index (Phi) is 5.80. The van der Waals surface area contributed by atoms with E-state index >= 15 is 0 Å². The van der Waals surface area contributed by atoms with Crippen LogP contribution in [0.1, 0.15) is 28.9 Å². The van der Waals surface area contributed by atoms with Gasteiger partial charge in [-0.2, -0.15) is 0 Å². The molecule has 0 heterocycles. The minimum absolute atomic E-state index is 0.0984. The molecule has 2 aromatic carbocycles. The van der Waals surface area contributed by atoms with Crippen molar-refractivity contribution < 1.29 is 14.3 Å². The fourth-order valence-corrected chi connectivity index (χ4v) is 2.19. The van der Waals surface area contributed by atoms with E-state index in [0.717, 1.165) is 5.56 Å². The lowest BCUT2D eigenvalue weighted by molar-refractivity contribution is 0.104. The standard InChI is InChI=1S/C19H21NO3/c1-14(15-7-5-4-6-8-15)20-12-11-17(21)16-9-10-18(22-2)19(13-16)23-3/h4-14,20H,1-3H3/b12-11+/t14-/m0/s1. The van der Waals surface area contributed by atoms with Gasteiger partial charge in [0.25, 0.3) is 0 Å². The molecule has 0 aromatic heterocycles. The van der Waals surface area contributed by atoms with Gasteiger partial charge < -0.3 is 14.8 Å².